The van der Waals surface area contributed by atoms with E-state index in [1.165, 1.54) is 6.07 Å². The summed E-state index contributed by atoms with van der Waals surface area (Å²) in [5, 5.41) is 19.8. The number of H-pyrrole nitrogens is 1. The molecular weight excluding hydrogens is 536 g/mol. The van der Waals surface area contributed by atoms with Crippen LogP contribution in [0, 0.1) is 11.6 Å². The Kier molecular flexibility index (Phi) is 6.09. The van der Waals surface area contributed by atoms with Crippen molar-refractivity contribution in [2.45, 2.75) is 36.9 Å². The van der Waals surface area contributed by atoms with Crippen LogP contribution in [-0.4, -0.2) is 87.3 Å². The molecule has 0 radical (unpaired) electrons. The number of halogens is 2. The highest BCUT2D eigenvalue weighted by atomic mass is 19.1. The Morgan fingerprint density at radius 1 is 1.02 bits per heavy atom. The number of imidazole rings is 1. The number of amides is 1. The summed E-state index contributed by atoms with van der Waals surface area (Å²) in [7, 11) is 0. The number of aromatic nitrogens is 2. The zero-order valence-corrected chi connectivity index (χ0v) is 22.0. The lowest BCUT2D eigenvalue weighted by Gasteiger charge is -2.44. The van der Waals surface area contributed by atoms with Crippen molar-refractivity contribution in [3.8, 4) is 28.3 Å². The predicted octanol–water partition coefficient (Wildman–Crippen LogP) is 3.29. The van der Waals surface area contributed by atoms with Crippen LogP contribution < -0.4 is 4.74 Å². The number of hydrogen-bond acceptors (Lipinski definition) is 7. The van der Waals surface area contributed by atoms with Gasteiger partial charge in [-0.25, -0.2) is 8.78 Å². The van der Waals surface area contributed by atoms with Crippen LogP contribution in [0.3, 0.4) is 0 Å². The van der Waals surface area contributed by atoms with Gasteiger partial charge in [0.1, 0.15) is 29.6 Å². The lowest BCUT2D eigenvalue weighted by atomic mass is 9.95. The van der Waals surface area contributed by atoms with E-state index in [4.69, 9.17) is 14.2 Å². The number of aromatic amines is 1. The molecule has 0 bridgehead atoms. The van der Waals surface area contributed by atoms with E-state index in [1.54, 1.807) is 48.2 Å². The topological polar surface area (TPSA) is 117 Å². The van der Waals surface area contributed by atoms with E-state index in [2.05, 4.69) is 9.97 Å². The number of rotatable bonds is 5. The Hall–Kier alpha value is -3.90. The number of β-amino-alcohol motifs (C(OH)–C–C–N with tert-alkyl or cyclic N) is 1. The molecule has 1 aromatic heterocycles. The molecule has 0 saturated carbocycles. The van der Waals surface area contributed by atoms with Gasteiger partial charge >= 0.3 is 0 Å². The Labute approximate surface area is 233 Å². The highest BCUT2D eigenvalue weighted by molar-refractivity contribution is 5.95. The number of nitrogens with one attached hydrogen (secondary N) is 1. The van der Waals surface area contributed by atoms with Gasteiger partial charge in [0, 0.05) is 11.6 Å². The maximum absolute atomic E-state index is 15.6. The minimum absolute atomic E-state index is 0.00598. The summed E-state index contributed by atoms with van der Waals surface area (Å²) in [6.07, 6.45) is -2.23. The number of likely N-dealkylation sites (tertiary alicyclic amines) is 1. The van der Waals surface area contributed by atoms with E-state index in [0.29, 0.717) is 24.2 Å². The first-order valence-corrected chi connectivity index (χ1v) is 13.3. The van der Waals surface area contributed by atoms with Gasteiger partial charge in [-0.2, -0.15) is 4.98 Å². The Balaban J connectivity index is 1.09. The first-order valence-electron chi connectivity index (χ1n) is 13.3. The van der Waals surface area contributed by atoms with Crippen LogP contribution >= 0.6 is 0 Å². The summed E-state index contributed by atoms with van der Waals surface area (Å²) in [5.41, 5.74) is 1.56. The molecule has 4 aromatic rings. The maximum atomic E-state index is 15.6. The average molecular weight is 564 g/mol. The lowest BCUT2D eigenvalue weighted by Crippen LogP contribution is -2.61. The van der Waals surface area contributed by atoms with Gasteiger partial charge in [-0.1, -0.05) is 36.4 Å². The second-order valence-corrected chi connectivity index (χ2v) is 11.1. The van der Waals surface area contributed by atoms with Crippen LogP contribution in [0.4, 0.5) is 8.78 Å². The first-order chi connectivity index (χ1) is 19.7. The number of carbonyl (C=O) groups is 1. The Morgan fingerprint density at radius 2 is 1.66 bits per heavy atom. The van der Waals surface area contributed by atoms with Gasteiger partial charge in [0.05, 0.1) is 43.0 Å². The van der Waals surface area contributed by atoms with E-state index < -0.39 is 41.7 Å². The zero-order valence-electron chi connectivity index (χ0n) is 22.0. The normalized spacial score (nSPS) is 24.9. The molecular formula is C30H27F2N3O6. The zero-order chi connectivity index (χ0) is 28.5. The lowest BCUT2D eigenvalue weighted by molar-refractivity contribution is -0.0668. The highest BCUT2D eigenvalue weighted by Gasteiger charge is 2.48. The van der Waals surface area contributed by atoms with E-state index in [0.717, 1.165) is 11.1 Å². The van der Waals surface area contributed by atoms with Crippen molar-refractivity contribution in [3.05, 3.63) is 71.8 Å². The SMILES string of the molecule is CC1(O)CN(C(=O)c2ccc(-c3ccc(-c4c(F)cc5[nH]c(OC6COC7C(O)COC67)nc5c4F)cc3)cc2)C1. The second kappa shape index (κ2) is 9.59. The number of ether oxygens (including phenoxy) is 3. The maximum Gasteiger partial charge on any atom is 0.295 e. The van der Waals surface area contributed by atoms with Crippen LogP contribution in [-0.2, 0) is 9.47 Å². The largest absolute Gasteiger partial charge is 0.456 e. The van der Waals surface area contributed by atoms with E-state index >= 15 is 8.78 Å². The summed E-state index contributed by atoms with van der Waals surface area (Å²) in [4.78, 5) is 21.2. The van der Waals surface area contributed by atoms with Crippen LogP contribution in [0.1, 0.15) is 17.3 Å². The van der Waals surface area contributed by atoms with Crippen LogP contribution in [0.25, 0.3) is 33.3 Å². The molecule has 4 unspecified atom stereocenters. The quantitative estimate of drug-likeness (QED) is 0.341. The van der Waals surface area contributed by atoms with Gasteiger partial charge in [-0.05, 0) is 35.7 Å². The van der Waals surface area contributed by atoms with Crippen molar-refractivity contribution >= 4 is 16.9 Å². The second-order valence-electron chi connectivity index (χ2n) is 11.1. The van der Waals surface area contributed by atoms with Gasteiger partial charge in [0.25, 0.3) is 11.9 Å². The van der Waals surface area contributed by atoms with Gasteiger partial charge < -0.3 is 34.3 Å². The molecule has 3 aromatic carbocycles. The fourth-order valence-corrected chi connectivity index (χ4v) is 5.80. The summed E-state index contributed by atoms with van der Waals surface area (Å²) in [6, 6.07) is 15.0. The number of aliphatic hydroxyl groups excluding tert-OH is 1. The van der Waals surface area contributed by atoms with Gasteiger partial charge in [0.15, 0.2) is 11.9 Å². The molecule has 41 heavy (non-hydrogen) atoms. The first kappa shape index (κ1) is 26.0. The summed E-state index contributed by atoms with van der Waals surface area (Å²) < 4.78 is 47.7. The molecule has 11 heteroatoms. The molecule has 0 aliphatic carbocycles. The predicted molar refractivity (Wildman–Crippen MR) is 143 cm³/mol. The molecule has 3 aliphatic heterocycles. The number of nitrogens with zero attached hydrogens (tertiary/aromatic N) is 2. The summed E-state index contributed by atoms with van der Waals surface area (Å²) in [6.45, 7) is 2.62. The third-order valence-corrected chi connectivity index (χ3v) is 7.88. The fraction of sp³-hybridized carbons (Fsp3) is 0.333. The Bertz CT molecular complexity index is 1630. The van der Waals surface area contributed by atoms with E-state index in [-0.39, 0.29) is 41.7 Å². The number of fused-ring (bicyclic) bond motifs is 2. The molecule has 3 aliphatic rings. The molecule has 4 heterocycles. The van der Waals surface area contributed by atoms with Gasteiger partial charge in [0.2, 0.25) is 0 Å². The molecule has 212 valence electrons. The Morgan fingerprint density at radius 3 is 2.34 bits per heavy atom. The van der Waals surface area contributed by atoms with Gasteiger partial charge in [-0.3, -0.25) is 4.79 Å². The standard InChI is InChI=1S/C30H27F2N3O6/c1-30(38)13-35(14-30)28(37)18-8-4-16(5-9-18)15-2-6-17(7-3-15)23-19(31)10-20-25(24(23)32)34-29(33-20)41-22-12-40-26-21(36)11-39-27(22)26/h2-10,21-22,26-27,36,38H,11-14H2,1H3,(H,33,34). The molecule has 3 saturated heterocycles. The summed E-state index contributed by atoms with van der Waals surface area (Å²) in [5.74, 6) is -1.71. The van der Waals surface area contributed by atoms with Crippen LogP contribution in [0.15, 0.2) is 54.6 Å². The van der Waals surface area contributed by atoms with Crippen molar-refractivity contribution in [1.29, 1.82) is 0 Å². The van der Waals surface area contributed by atoms with Crippen LogP contribution in [0.5, 0.6) is 6.01 Å². The molecule has 1 amide bonds. The fourth-order valence-electron chi connectivity index (χ4n) is 5.80. The van der Waals surface area contributed by atoms with Crippen LogP contribution in [0.2, 0.25) is 0 Å². The van der Waals surface area contributed by atoms with Crippen molar-refractivity contribution < 1.29 is 38.0 Å². The molecule has 0 spiro atoms. The third kappa shape index (κ3) is 4.55. The number of carbonyl (C=O) groups excluding carboxylic acids is 1. The van der Waals surface area contributed by atoms with Gasteiger partial charge in [-0.15, -0.1) is 0 Å². The number of aliphatic hydroxyl groups is 2. The smallest absolute Gasteiger partial charge is 0.295 e. The molecule has 3 fully saturated rings. The molecule has 3 N–H and O–H groups in total. The highest BCUT2D eigenvalue weighted by Crippen LogP contribution is 2.35. The van der Waals surface area contributed by atoms with Crippen molar-refractivity contribution in [2.24, 2.45) is 0 Å². The monoisotopic (exact) mass is 563 g/mol. The summed E-state index contributed by atoms with van der Waals surface area (Å²) >= 11 is 0. The van der Waals surface area contributed by atoms with Crippen molar-refractivity contribution in [3.63, 3.8) is 0 Å². The minimum Gasteiger partial charge on any atom is -0.456 e. The third-order valence-electron chi connectivity index (χ3n) is 7.88. The molecule has 4 atom stereocenters. The number of hydrogen-bond donors (Lipinski definition) is 3. The molecule has 7 rings (SSSR count). The molecule has 9 nitrogen and oxygen atoms in total. The van der Waals surface area contributed by atoms with E-state index in [1.807, 2.05) is 12.1 Å². The van der Waals surface area contributed by atoms with Crippen molar-refractivity contribution in [2.75, 3.05) is 26.3 Å². The number of benzene rings is 3. The average Bonchev–Trinajstić information content (AvgIpc) is 3.64. The minimum atomic E-state index is -0.834. The van der Waals surface area contributed by atoms with Crippen molar-refractivity contribution in [1.82, 2.24) is 14.9 Å². The van der Waals surface area contributed by atoms with E-state index in [9.17, 15) is 15.0 Å².